The van der Waals surface area contributed by atoms with Crippen molar-refractivity contribution < 1.29 is 10.2 Å². The normalized spacial score (nSPS) is 20.0. The molecule has 1 aliphatic rings. The average molecular weight is 205 g/mol. The number of hydrogen-bond donors (Lipinski definition) is 2. The van der Waals surface area contributed by atoms with E-state index >= 15 is 0 Å². The third-order valence-electron chi connectivity index (χ3n) is 2.57. The third-order valence-corrected chi connectivity index (χ3v) is 2.57. The molecule has 0 amide bonds. The van der Waals surface area contributed by atoms with Crippen LogP contribution in [0.3, 0.4) is 0 Å². The van der Waals surface area contributed by atoms with Gasteiger partial charge in [-0.2, -0.15) is 4.91 Å². The van der Waals surface area contributed by atoms with Crippen molar-refractivity contribution in [3.05, 3.63) is 34.7 Å². The minimum atomic E-state index is -0.284. The van der Waals surface area contributed by atoms with Crippen molar-refractivity contribution in [3.8, 4) is 11.5 Å². The van der Waals surface area contributed by atoms with Crippen LogP contribution in [-0.2, 0) is 0 Å². The van der Waals surface area contributed by atoms with Crippen molar-refractivity contribution in [3.63, 3.8) is 0 Å². The zero-order valence-electron chi connectivity index (χ0n) is 8.05. The number of aromatic hydroxyl groups is 2. The van der Waals surface area contributed by atoms with E-state index in [0.29, 0.717) is 12.0 Å². The van der Waals surface area contributed by atoms with Crippen LogP contribution >= 0.6 is 0 Å². The van der Waals surface area contributed by atoms with Gasteiger partial charge < -0.3 is 10.2 Å². The highest BCUT2D eigenvalue weighted by Crippen LogP contribution is 2.35. The van der Waals surface area contributed by atoms with Gasteiger partial charge in [0.25, 0.3) is 0 Å². The molecule has 0 saturated carbocycles. The lowest BCUT2D eigenvalue weighted by atomic mass is 10.0. The molecule has 1 atom stereocenters. The zero-order chi connectivity index (χ0) is 10.8. The van der Waals surface area contributed by atoms with Crippen LogP contribution in [0, 0.1) is 4.91 Å². The minimum absolute atomic E-state index is 0.0277. The number of benzene rings is 1. The lowest BCUT2D eigenvalue weighted by Gasteiger charge is -2.05. The Hall–Kier alpha value is -1.84. The van der Waals surface area contributed by atoms with Crippen LogP contribution in [0.2, 0.25) is 0 Å². The number of phenolic OH excluding ortho intramolecular Hbond substituents is 2. The van der Waals surface area contributed by atoms with Crippen LogP contribution in [-0.4, -0.2) is 16.3 Å². The van der Waals surface area contributed by atoms with Gasteiger partial charge in [0.2, 0.25) is 0 Å². The summed E-state index contributed by atoms with van der Waals surface area (Å²) >= 11 is 0. The summed E-state index contributed by atoms with van der Waals surface area (Å²) < 4.78 is 0. The van der Waals surface area contributed by atoms with E-state index in [0.717, 1.165) is 12.0 Å². The fraction of sp³-hybridized carbons (Fsp3) is 0.273. The summed E-state index contributed by atoms with van der Waals surface area (Å²) in [5.74, 6) is 0.0627. The summed E-state index contributed by atoms with van der Waals surface area (Å²) in [6.07, 6.45) is 3.19. The highest BCUT2D eigenvalue weighted by atomic mass is 16.3. The maximum absolute atomic E-state index is 10.3. The van der Waals surface area contributed by atoms with Gasteiger partial charge in [-0.1, -0.05) is 11.3 Å². The summed E-state index contributed by atoms with van der Waals surface area (Å²) in [5, 5.41) is 21.7. The molecular weight excluding hydrogens is 194 g/mol. The molecule has 0 bridgehead atoms. The topological polar surface area (TPSA) is 69.9 Å². The second-order valence-corrected chi connectivity index (χ2v) is 3.60. The molecule has 0 aromatic heterocycles. The average Bonchev–Trinajstić information content (AvgIpc) is 2.66. The van der Waals surface area contributed by atoms with Gasteiger partial charge in [-0.15, -0.1) is 0 Å². The van der Waals surface area contributed by atoms with E-state index in [9.17, 15) is 10.0 Å². The van der Waals surface area contributed by atoms with Crippen LogP contribution < -0.4 is 0 Å². The molecular formula is C11H11NO3. The van der Waals surface area contributed by atoms with Gasteiger partial charge in [-0.3, -0.25) is 0 Å². The Morgan fingerprint density at radius 2 is 2.13 bits per heavy atom. The van der Waals surface area contributed by atoms with Crippen molar-refractivity contribution in [2.75, 3.05) is 0 Å². The van der Waals surface area contributed by atoms with E-state index in [2.05, 4.69) is 5.18 Å². The Kier molecular flexibility index (Phi) is 2.41. The van der Waals surface area contributed by atoms with Gasteiger partial charge in [0.05, 0.1) is 0 Å². The van der Waals surface area contributed by atoms with Crippen molar-refractivity contribution in [1.82, 2.24) is 0 Å². The first-order valence-electron chi connectivity index (χ1n) is 4.76. The highest BCUT2D eigenvalue weighted by Gasteiger charge is 2.19. The molecule has 78 valence electrons. The van der Waals surface area contributed by atoms with Crippen LogP contribution in [0.4, 0.5) is 0 Å². The maximum Gasteiger partial charge on any atom is 0.126 e. The number of nitrogens with zero attached hydrogens (tertiary/aromatic N) is 1. The molecule has 0 saturated heterocycles. The first-order chi connectivity index (χ1) is 7.20. The molecule has 1 aromatic carbocycles. The molecule has 1 unspecified atom stereocenters. The summed E-state index contributed by atoms with van der Waals surface area (Å²) in [7, 11) is 0. The SMILES string of the molecule is O=NC1C=C(c2ccc(O)cc2O)CC1. The quantitative estimate of drug-likeness (QED) is 0.728. The van der Waals surface area contributed by atoms with Gasteiger partial charge in [0.1, 0.15) is 17.5 Å². The summed E-state index contributed by atoms with van der Waals surface area (Å²) in [6, 6.07) is 4.16. The predicted octanol–water partition coefficient (Wildman–Crippen LogP) is 2.41. The molecule has 0 aliphatic heterocycles. The molecule has 15 heavy (non-hydrogen) atoms. The van der Waals surface area contributed by atoms with Crippen LogP contribution in [0.25, 0.3) is 5.57 Å². The van der Waals surface area contributed by atoms with Crippen molar-refractivity contribution in [1.29, 1.82) is 0 Å². The lowest BCUT2D eigenvalue weighted by molar-refractivity contribution is 0.449. The number of nitroso groups, excluding NO2 is 1. The second-order valence-electron chi connectivity index (χ2n) is 3.60. The lowest BCUT2D eigenvalue weighted by Crippen LogP contribution is -1.89. The molecule has 4 heteroatoms. The van der Waals surface area contributed by atoms with Crippen molar-refractivity contribution in [2.45, 2.75) is 18.9 Å². The highest BCUT2D eigenvalue weighted by molar-refractivity contribution is 5.73. The Morgan fingerprint density at radius 1 is 1.33 bits per heavy atom. The first-order valence-corrected chi connectivity index (χ1v) is 4.76. The Balaban J connectivity index is 2.34. The first kappa shape index (κ1) is 9.71. The van der Waals surface area contributed by atoms with E-state index in [1.165, 1.54) is 12.1 Å². The summed E-state index contributed by atoms with van der Waals surface area (Å²) in [6.45, 7) is 0. The molecule has 0 spiro atoms. The van der Waals surface area contributed by atoms with Crippen LogP contribution in [0.5, 0.6) is 11.5 Å². The van der Waals surface area contributed by atoms with E-state index in [1.54, 1.807) is 12.1 Å². The molecule has 2 rings (SSSR count). The summed E-state index contributed by atoms with van der Waals surface area (Å²) in [5.41, 5.74) is 1.58. The number of allylic oxidation sites excluding steroid dienone is 1. The van der Waals surface area contributed by atoms with Crippen molar-refractivity contribution in [2.24, 2.45) is 5.18 Å². The van der Waals surface area contributed by atoms with Gasteiger partial charge in [-0.25, -0.2) is 0 Å². The van der Waals surface area contributed by atoms with Gasteiger partial charge in [-0.05, 0) is 30.5 Å². The number of hydrogen-bond acceptors (Lipinski definition) is 4. The largest absolute Gasteiger partial charge is 0.508 e. The fourth-order valence-electron chi connectivity index (χ4n) is 1.80. The molecule has 1 aromatic rings. The zero-order valence-corrected chi connectivity index (χ0v) is 8.05. The maximum atomic E-state index is 10.3. The molecule has 4 nitrogen and oxygen atoms in total. The predicted molar refractivity (Wildman–Crippen MR) is 56.6 cm³/mol. The minimum Gasteiger partial charge on any atom is -0.508 e. The van der Waals surface area contributed by atoms with Crippen LogP contribution in [0.1, 0.15) is 18.4 Å². The standard InChI is InChI=1S/C11H11NO3/c13-9-3-4-10(11(14)6-9)7-1-2-8(5-7)12-15/h3-6,8,13-14H,1-2H2. The third kappa shape index (κ3) is 1.83. The molecule has 0 fully saturated rings. The van der Waals surface area contributed by atoms with E-state index < -0.39 is 0 Å². The van der Waals surface area contributed by atoms with Gasteiger partial charge >= 0.3 is 0 Å². The Bertz CT molecular complexity index is 426. The number of rotatable bonds is 2. The fourth-order valence-corrected chi connectivity index (χ4v) is 1.80. The number of phenols is 2. The smallest absolute Gasteiger partial charge is 0.126 e. The van der Waals surface area contributed by atoms with Crippen LogP contribution in [0.15, 0.2) is 29.5 Å². The second kappa shape index (κ2) is 3.73. The molecule has 0 radical (unpaired) electrons. The van der Waals surface area contributed by atoms with E-state index in [4.69, 9.17) is 5.11 Å². The Morgan fingerprint density at radius 3 is 2.73 bits per heavy atom. The van der Waals surface area contributed by atoms with Gasteiger partial charge in [0, 0.05) is 11.6 Å². The molecule has 0 heterocycles. The van der Waals surface area contributed by atoms with E-state index in [1.807, 2.05) is 0 Å². The van der Waals surface area contributed by atoms with Gasteiger partial charge in [0.15, 0.2) is 0 Å². The molecule has 2 N–H and O–H groups in total. The molecule has 1 aliphatic carbocycles. The van der Waals surface area contributed by atoms with Crippen molar-refractivity contribution >= 4 is 5.57 Å². The Labute approximate surface area is 86.8 Å². The summed E-state index contributed by atoms with van der Waals surface area (Å²) in [4.78, 5) is 10.3. The monoisotopic (exact) mass is 205 g/mol. The van der Waals surface area contributed by atoms with E-state index in [-0.39, 0.29) is 17.5 Å².